The Morgan fingerprint density at radius 1 is 1.11 bits per heavy atom. The lowest BCUT2D eigenvalue weighted by atomic mass is 9.95. The Labute approximate surface area is 217 Å². The largest absolute Gasteiger partial charge is 0.434 e. The van der Waals surface area contributed by atoms with Crippen molar-refractivity contribution in [1.82, 2.24) is 14.8 Å². The number of pyridine rings is 1. The Bertz CT molecular complexity index is 1230. The number of rotatable bonds is 4. The van der Waals surface area contributed by atoms with Crippen molar-refractivity contribution in [1.29, 1.82) is 0 Å². The second kappa shape index (κ2) is 11.5. The minimum atomic E-state index is -4.85. The van der Waals surface area contributed by atoms with Crippen molar-refractivity contribution in [2.45, 2.75) is 38.3 Å². The van der Waals surface area contributed by atoms with E-state index in [1.807, 2.05) is 0 Å². The Balaban J connectivity index is 0.00000186. The summed E-state index contributed by atoms with van der Waals surface area (Å²) in [5.74, 6) is -3.86. The molecule has 1 saturated heterocycles. The molecule has 0 radical (unpaired) electrons. The molecule has 1 aromatic carbocycles. The first-order valence-corrected chi connectivity index (χ1v) is 12.4. The van der Waals surface area contributed by atoms with Crippen LogP contribution in [-0.4, -0.2) is 45.9 Å². The number of aromatic nitrogens is 3. The van der Waals surface area contributed by atoms with Crippen molar-refractivity contribution < 1.29 is 26.7 Å². The fourth-order valence-electron chi connectivity index (χ4n) is 4.29. The highest BCUT2D eigenvalue weighted by Crippen LogP contribution is 2.42. The van der Waals surface area contributed by atoms with E-state index < -0.39 is 30.1 Å². The minimum absolute atomic E-state index is 0.0414. The van der Waals surface area contributed by atoms with Crippen LogP contribution in [0.5, 0.6) is 0 Å². The second-order valence-corrected chi connectivity index (χ2v) is 8.58. The second-order valence-electron chi connectivity index (χ2n) is 8.58. The molecule has 3 aromatic rings. The molecule has 0 bridgehead atoms. The van der Waals surface area contributed by atoms with E-state index in [2.05, 4.69) is 28.0 Å². The van der Waals surface area contributed by atoms with E-state index in [-0.39, 0.29) is 54.0 Å². The maximum Gasteiger partial charge on any atom is 0.434 e. The highest BCUT2D eigenvalue weighted by Gasteiger charge is 2.41. The maximum absolute atomic E-state index is 14.2. The molecule has 0 atom stereocenters. The predicted octanol–water partition coefficient (Wildman–Crippen LogP) is 6.23. The quantitative estimate of drug-likeness (QED) is 0.304. The van der Waals surface area contributed by atoms with Gasteiger partial charge in [-0.1, -0.05) is 18.2 Å². The van der Waals surface area contributed by atoms with Crippen LogP contribution < -0.4 is 10.2 Å². The number of anilines is 2. The molecule has 1 aliphatic heterocycles. The highest BCUT2D eigenvalue weighted by atomic mass is 32.1. The third-order valence-corrected chi connectivity index (χ3v) is 5.97. The molecule has 1 fully saturated rings. The molecule has 0 unspecified atom stereocenters. The van der Waals surface area contributed by atoms with Crippen LogP contribution in [0.1, 0.15) is 40.9 Å². The Kier molecular flexibility index (Phi) is 8.83. The molecule has 0 aliphatic carbocycles. The predicted molar refractivity (Wildman–Crippen MR) is 136 cm³/mol. The van der Waals surface area contributed by atoms with Gasteiger partial charge in [-0.05, 0) is 37.3 Å². The molecule has 0 spiro atoms. The van der Waals surface area contributed by atoms with Crippen LogP contribution in [0.2, 0.25) is 0 Å². The molecule has 200 valence electrons. The number of nitrogens with zero attached hydrogens (tertiary/aromatic N) is 4. The van der Waals surface area contributed by atoms with E-state index in [1.165, 1.54) is 28.9 Å². The van der Waals surface area contributed by atoms with Gasteiger partial charge in [0, 0.05) is 56.0 Å². The molecule has 2 aromatic heterocycles. The number of aryl methyl sites for hydroxylation is 1. The SMILES string of the molecule is CS.Cc1c(C(=O)Nc2ccccc2)c(N2CCCC(F)(F)CC2)nc(C(F)(F)F)c1-c1cnn(C)c1. The van der Waals surface area contributed by atoms with E-state index in [0.717, 1.165) is 0 Å². The first-order valence-electron chi connectivity index (χ1n) is 11.5. The van der Waals surface area contributed by atoms with Crippen LogP contribution in [0, 0.1) is 6.92 Å². The lowest BCUT2D eigenvalue weighted by molar-refractivity contribution is -0.140. The van der Waals surface area contributed by atoms with Gasteiger partial charge in [-0.15, -0.1) is 0 Å². The van der Waals surface area contributed by atoms with Crippen molar-refractivity contribution in [3.05, 3.63) is 59.5 Å². The van der Waals surface area contributed by atoms with Gasteiger partial charge in [0.1, 0.15) is 5.82 Å². The van der Waals surface area contributed by atoms with Gasteiger partial charge in [0.05, 0.1) is 11.8 Å². The summed E-state index contributed by atoms with van der Waals surface area (Å²) >= 11 is 3.53. The fourth-order valence-corrected chi connectivity index (χ4v) is 4.29. The molecule has 1 amide bonds. The number of alkyl halides is 5. The molecule has 37 heavy (non-hydrogen) atoms. The van der Waals surface area contributed by atoms with Gasteiger partial charge in [0.2, 0.25) is 5.92 Å². The number of para-hydroxylation sites is 1. The van der Waals surface area contributed by atoms with Crippen LogP contribution in [-0.2, 0) is 13.2 Å². The van der Waals surface area contributed by atoms with Crippen LogP contribution in [0.15, 0.2) is 42.7 Å². The molecule has 6 nitrogen and oxygen atoms in total. The van der Waals surface area contributed by atoms with Crippen LogP contribution in [0.25, 0.3) is 11.1 Å². The maximum atomic E-state index is 14.2. The van der Waals surface area contributed by atoms with Crippen LogP contribution in [0.3, 0.4) is 0 Å². The van der Waals surface area contributed by atoms with Crippen LogP contribution >= 0.6 is 12.6 Å². The standard InChI is InChI=1S/C24H24F5N5O.CH4S/c1-15-18(16-13-30-33(2)14-16)20(24(27,28)29)32-21(34-11-6-9-23(25,26)10-12-34)19(15)22(35)31-17-7-4-3-5-8-17;1-2/h3-5,7-8,13-14H,6,9-12H2,1-2H3,(H,31,35);2H,1H3. The molecular weight excluding hydrogens is 513 g/mol. The summed E-state index contributed by atoms with van der Waals surface area (Å²) in [5, 5.41) is 6.66. The van der Waals surface area contributed by atoms with E-state index >= 15 is 0 Å². The lowest BCUT2D eigenvalue weighted by Gasteiger charge is -2.27. The van der Waals surface area contributed by atoms with Crippen molar-refractivity contribution in [3.8, 4) is 11.1 Å². The van der Waals surface area contributed by atoms with E-state index in [4.69, 9.17) is 0 Å². The van der Waals surface area contributed by atoms with Gasteiger partial charge in [-0.3, -0.25) is 9.48 Å². The zero-order valence-electron chi connectivity index (χ0n) is 20.6. The molecule has 1 N–H and O–H groups in total. The summed E-state index contributed by atoms with van der Waals surface area (Å²) in [6, 6.07) is 8.43. The number of hydrogen-bond donors (Lipinski definition) is 2. The summed E-state index contributed by atoms with van der Waals surface area (Å²) in [6.07, 6.45) is -1.35. The topological polar surface area (TPSA) is 63.1 Å². The molecule has 0 saturated carbocycles. The average Bonchev–Trinajstić information content (AvgIpc) is 3.18. The number of hydrogen-bond acceptors (Lipinski definition) is 5. The number of nitrogens with one attached hydrogen (secondary N) is 1. The number of amides is 1. The first kappa shape index (κ1) is 28.4. The number of benzene rings is 1. The Hall–Kier alpha value is -3.15. The summed E-state index contributed by atoms with van der Waals surface area (Å²) in [6.45, 7) is 1.24. The van der Waals surface area contributed by atoms with E-state index in [9.17, 15) is 26.7 Å². The van der Waals surface area contributed by atoms with E-state index in [0.29, 0.717) is 5.69 Å². The van der Waals surface area contributed by atoms with Gasteiger partial charge < -0.3 is 10.2 Å². The third-order valence-electron chi connectivity index (χ3n) is 5.97. The molecule has 12 heteroatoms. The Morgan fingerprint density at radius 3 is 2.38 bits per heavy atom. The average molecular weight is 542 g/mol. The summed E-state index contributed by atoms with van der Waals surface area (Å²) < 4.78 is 72.1. The molecular formula is C25H28F5N5OS. The zero-order valence-corrected chi connectivity index (χ0v) is 21.5. The van der Waals surface area contributed by atoms with Crippen molar-refractivity contribution in [2.75, 3.05) is 29.6 Å². The third kappa shape index (κ3) is 6.60. The van der Waals surface area contributed by atoms with E-state index in [1.54, 1.807) is 43.6 Å². The normalized spacial score (nSPS) is 15.4. The highest BCUT2D eigenvalue weighted by molar-refractivity contribution is 7.79. The summed E-state index contributed by atoms with van der Waals surface area (Å²) in [5.41, 5.74) is -0.927. The summed E-state index contributed by atoms with van der Waals surface area (Å²) in [4.78, 5) is 18.7. The Morgan fingerprint density at radius 2 is 1.78 bits per heavy atom. The van der Waals surface area contributed by atoms with Gasteiger partial charge in [0.15, 0.2) is 5.69 Å². The number of carbonyl (C=O) groups excluding carboxylic acids is 1. The number of thiol groups is 1. The van der Waals surface area contributed by atoms with Crippen LogP contribution in [0.4, 0.5) is 33.5 Å². The van der Waals surface area contributed by atoms with Crippen molar-refractivity contribution in [2.24, 2.45) is 7.05 Å². The smallest absolute Gasteiger partial charge is 0.356 e. The van der Waals surface area contributed by atoms with Crippen molar-refractivity contribution in [3.63, 3.8) is 0 Å². The summed E-state index contributed by atoms with van der Waals surface area (Å²) in [7, 11) is 1.56. The zero-order chi connectivity index (χ0) is 27.4. The molecule has 4 rings (SSSR count). The number of halogens is 5. The van der Waals surface area contributed by atoms with Gasteiger partial charge in [0.25, 0.3) is 5.91 Å². The minimum Gasteiger partial charge on any atom is -0.356 e. The fraction of sp³-hybridized carbons (Fsp3) is 0.400. The monoisotopic (exact) mass is 541 g/mol. The number of carbonyl (C=O) groups is 1. The first-order chi connectivity index (χ1) is 17.5. The molecule has 3 heterocycles. The van der Waals surface area contributed by atoms with Gasteiger partial charge in [-0.25, -0.2) is 13.8 Å². The molecule has 1 aliphatic rings. The lowest BCUT2D eigenvalue weighted by Crippen LogP contribution is -2.31. The van der Waals surface area contributed by atoms with Crippen molar-refractivity contribution >= 4 is 30.0 Å². The van der Waals surface area contributed by atoms with Gasteiger partial charge >= 0.3 is 6.18 Å². The van der Waals surface area contributed by atoms with Gasteiger partial charge in [-0.2, -0.15) is 30.9 Å².